The molecule has 1 saturated heterocycles. The minimum Gasteiger partial charge on any atom is -0.486 e. The van der Waals surface area contributed by atoms with Crippen LogP contribution in [0.3, 0.4) is 0 Å². The van der Waals surface area contributed by atoms with Crippen molar-refractivity contribution in [2.75, 3.05) is 49.6 Å². The minimum atomic E-state index is -0.243. The number of hydrogen-bond acceptors (Lipinski definition) is 6. The van der Waals surface area contributed by atoms with E-state index < -0.39 is 0 Å². The Kier molecular flexibility index (Phi) is 4.78. The number of anilines is 2. The smallest absolute Gasteiger partial charge is 0.257 e. The van der Waals surface area contributed by atoms with Crippen molar-refractivity contribution in [3.05, 3.63) is 42.2 Å². The van der Waals surface area contributed by atoms with E-state index in [1.165, 1.54) is 0 Å². The highest BCUT2D eigenvalue weighted by Gasteiger charge is 2.18. The van der Waals surface area contributed by atoms with E-state index in [9.17, 15) is 9.59 Å². The van der Waals surface area contributed by atoms with Gasteiger partial charge in [0, 0.05) is 44.1 Å². The minimum absolute atomic E-state index is 0.243. The molecule has 2 aromatic rings. The fraction of sp³-hybridized carbons (Fsp3) is 0.316. The van der Waals surface area contributed by atoms with Crippen molar-refractivity contribution in [3.63, 3.8) is 0 Å². The number of hydrogen-bond donors (Lipinski definition) is 1. The van der Waals surface area contributed by atoms with Crippen LogP contribution in [0.15, 0.2) is 36.7 Å². The summed E-state index contributed by atoms with van der Waals surface area (Å²) in [6.07, 6.45) is 4.14. The van der Waals surface area contributed by atoms with Crippen molar-refractivity contribution < 1.29 is 19.1 Å². The van der Waals surface area contributed by atoms with Crippen molar-refractivity contribution in [2.24, 2.45) is 0 Å². The fourth-order valence-electron chi connectivity index (χ4n) is 3.13. The second-order valence-corrected chi connectivity index (χ2v) is 6.37. The van der Waals surface area contributed by atoms with Gasteiger partial charge in [0.05, 0.1) is 17.4 Å². The van der Waals surface area contributed by atoms with Crippen LogP contribution in [-0.2, 0) is 4.79 Å². The molecule has 1 aromatic carbocycles. The first-order valence-corrected chi connectivity index (χ1v) is 8.83. The number of benzene rings is 1. The molecule has 2 aliphatic heterocycles. The van der Waals surface area contributed by atoms with E-state index in [1.807, 2.05) is 6.07 Å². The lowest BCUT2D eigenvalue weighted by atomic mass is 10.2. The van der Waals surface area contributed by atoms with Crippen LogP contribution < -0.4 is 19.7 Å². The van der Waals surface area contributed by atoms with Crippen molar-refractivity contribution >= 4 is 23.7 Å². The molecule has 4 rings (SSSR count). The summed E-state index contributed by atoms with van der Waals surface area (Å²) in [6.45, 7) is 3.78. The van der Waals surface area contributed by atoms with Crippen LogP contribution in [0.1, 0.15) is 10.4 Å². The Morgan fingerprint density at radius 1 is 1.04 bits per heavy atom. The van der Waals surface area contributed by atoms with E-state index in [1.54, 1.807) is 35.5 Å². The van der Waals surface area contributed by atoms with E-state index in [0.29, 0.717) is 62.1 Å². The summed E-state index contributed by atoms with van der Waals surface area (Å²) < 4.78 is 11.0. The third-order valence-electron chi connectivity index (χ3n) is 4.61. The summed E-state index contributed by atoms with van der Waals surface area (Å²) >= 11 is 0. The van der Waals surface area contributed by atoms with Crippen molar-refractivity contribution in [1.29, 1.82) is 0 Å². The monoisotopic (exact) mass is 368 g/mol. The number of amides is 2. The molecule has 0 aliphatic carbocycles. The average Bonchev–Trinajstić information content (AvgIpc) is 2.74. The number of carbonyl (C=O) groups is 2. The summed E-state index contributed by atoms with van der Waals surface area (Å²) in [5.41, 5.74) is 1.98. The van der Waals surface area contributed by atoms with Crippen LogP contribution >= 0.6 is 0 Å². The Labute approximate surface area is 156 Å². The van der Waals surface area contributed by atoms with Gasteiger partial charge in [-0.15, -0.1) is 0 Å². The Balaban J connectivity index is 1.45. The summed E-state index contributed by atoms with van der Waals surface area (Å²) in [5, 5.41) is 2.87. The number of nitrogens with zero attached hydrogens (tertiary/aromatic N) is 3. The van der Waals surface area contributed by atoms with Gasteiger partial charge in [0.1, 0.15) is 13.2 Å². The van der Waals surface area contributed by atoms with Gasteiger partial charge in [-0.2, -0.15) is 0 Å². The molecular weight excluding hydrogens is 348 g/mol. The first kappa shape index (κ1) is 17.1. The SMILES string of the molecule is O=CN1CCN(c2cncc(C(=O)Nc3ccc4c(c3)OCCO4)c2)CC1. The van der Waals surface area contributed by atoms with E-state index in [2.05, 4.69) is 15.2 Å². The highest BCUT2D eigenvalue weighted by Crippen LogP contribution is 2.32. The quantitative estimate of drug-likeness (QED) is 0.821. The predicted octanol–water partition coefficient (Wildman–Crippen LogP) is 1.38. The lowest BCUT2D eigenvalue weighted by Gasteiger charge is -2.34. The number of ether oxygens (including phenoxy) is 2. The molecule has 8 heteroatoms. The highest BCUT2D eigenvalue weighted by atomic mass is 16.6. The van der Waals surface area contributed by atoms with E-state index in [-0.39, 0.29) is 5.91 Å². The van der Waals surface area contributed by atoms with Crippen LogP contribution in [-0.4, -0.2) is 61.6 Å². The van der Waals surface area contributed by atoms with Crippen LogP contribution in [0.25, 0.3) is 0 Å². The Hall–Kier alpha value is -3.29. The third kappa shape index (κ3) is 3.79. The second-order valence-electron chi connectivity index (χ2n) is 6.37. The predicted molar refractivity (Wildman–Crippen MR) is 99.5 cm³/mol. The number of aromatic nitrogens is 1. The Morgan fingerprint density at radius 2 is 1.81 bits per heavy atom. The molecule has 8 nitrogen and oxygen atoms in total. The summed E-state index contributed by atoms with van der Waals surface area (Å²) in [4.78, 5) is 31.5. The average molecular weight is 368 g/mol. The number of piperazine rings is 1. The summed E-state index contributed by atoms with van der Waals surface area (Å²) in [6, 6.07) is 7.13. The second kappa shape index (κ2) is 7.53. The highest BCUT2D eigenvalue weighted by molar-refractivity contribution is 6.04. The molecule has 2 aliphatic rings. The van der Waals surface area contributed by atoms with E-state index in [4.69, 9.17) is 9.47 Å². The van der Waals surface area contributed by atoms with Gasteiger partial charge in [-0.25, -0.2) is 0 Å². The topological polar surface area (TPSA) is 84.0 Å². The van der Waals surface area contributed by atoms with Crippen molar-refractivity contribution in [2.45, 2.75) is 0 Å². The number of fused-ring (bicyclic) bond motifs is 1. The molecule has 0 spiro atoms. The zero-order valence-corrected chi connectivity index (χ0v) is 14.8. The molecule has 1 N–H and O–H groups in total. The molecule has 0 saturated carbocycles. The largest absolute Gasteiger partial charge is 0.486 e. The molecule has 3 heterocycles. The first-order valence-electron chi connectivity index (χ1n) is 8.83. The van der Waals surface area contributed by atoms with Gasteiger partial charge in [-0.1, -0.05) is 0 Å². The first-order chi connectivity index (χ1) is 13.2. The van der Waals surface area contributed by atoms with Gasteiger partial charge in [-0.3, -0.25) is 14.6 Å². The van der Waals surface area contributed by atoms with Gasteiger partial charge in [-0.05, 0) is 18.2 Å². The molecule has 2 amide bonds. The summed E-state index contributed by atoms with van der Waals surface area (Å²) in [5.74, 6) is 1.06. The van der Waals surface area contributed by atoms with Crippen molar-refractivity contribution in [1.82, 2.24) is 9.88 Å². The number of rotatable bonds is 4. The number of pyridine rings is 1. The Morgan fingerprint density at radius 3 is 2.59 bits per heavy atom. The molecule has 27 heavy (non-hydrogen) atoms. The van der Waals surface area contributed by atoms with Gasteiger partial charge >= 0.3 is 0 Å². The maximum atomic E-state index is 12.6. The number of carbonyl (C=O) groups excluding carboxylic acids is 2. The van der Waals surface area contributed by atoms with E-state index >= 15 is 0 Å². The van der Waals surface area contributed by atoms with Crippen LogP contribution in [0, 0.1) is 0 Å². The summed E-state index contributed by atoms with van der Waals surface area (Å²) in [7, 11) is 0. The van der Waals surface area contributed by atoms with Gasteiger partial charge in [0.2, 0.25) is 6.41 Å². The van der Waals surface area contributed by atoms with Gasteiger partial charge in [0.15, 0.2) is 11.5 Å². The van der Waals surface area contributed by atoms with Crippen LogP contribution in [0.5, 0.6) is 11.5 Å². The molecule has 0 bridgehead atoms. The van der Waals surface area contributed by atoms with Gasteiger partial charge < -0.3 is 24.6 Å². The van der Waals surface area contributed by atoms with Gasteiger partial charge in [0.25, 0.3) is 5.91 Å². The Bertz CT molecular complexity index is 849. The van der Waals surface area contributed by atoms with Crippen molar-refractivity contribution in [3.8, 4) is 11.5 Å². The maximum Gasteiger partial charge on any atom is 0.257 e. The third-order valence-corrected chi connectivity index (χ3v) is 4.61. The molecule has 1 fully saturated rings. The molecule has 0 atom stereocenters. The molecular formula is C19H20N4O4. The maximum absolute atomic E-state index is 12.6. The van der Waals surface area contributed by atoms with Crippen LogP contribution in [0.4, 0.5) is 11.4 Å². The fourth-order valence-corrected chi connectivity index (χ4v) is 3.13. The normalized spacial score (nSPS) is 16.0. The van der Waals surface area contributed by atoms with E-state index in [0.717, 1.165) is 12.1 Å². The molecule has 0 radical (unpaired) electrons. The lowest BCUT2D eigenvalue weighted by molar-refractivity contribution is -0.118. The zero-order chi connectivity index (χ0) is 18.6. The molecule has 140 valence electrons. The number of nitrogens with one attached hydrogen (secondary N) is 1. The molecule has 0 unspecified atom stereocenters. The molecule has 1 aromatic heterocycles. The standard InChI is InChI=1S/C19H20N4O4/c24-13-22-3-5-23(6-4-22)16-9-14(11-20-12-16)19(25)21-15-1-2-17-18(10-15)27-8-7-26-17/h1-2,9-13H,3-8H2,(H,21,25). The van der Waals surface area contributed by atoms with Crippen LogP contribution in [0.2, 0.25) is 0 Å². The lowest BCUT2D eigenvalue weighted by Crippen LogP contribution is -2.45. The zero-order valence-electron chi connectivity index (χ0n) is 14.8.